The summed E-state index contributed by atoms with van der Waals surface area (Å²) in [6.45, 7) is 2.29. The van der Waals surface area contributed by atoms with Gasteiger partial charge in [0.15, 0.2) is 0 Å². The van der Waals surface area contributed by atoms with E-state index in [0.717, 1.165) is 11.8 Å². The summed E-state index contributed by atoms with van der Waals surface area (Å²) in [5.74, 6) is 2.15. The minimum Gasteiger partial charge on any atom is -0.0850 e. The Hall–Kier alpha value is -0.260. The molecular formula is C12H20. The van der Waals surface area contributed by atoms with Crippen LogP contribution in [0.1, 0.15) is 51.9 Å². The zero-order valence-electron chi connectivity index (χ0n) is 8.18. The molecule has 2 unspecified atom stereocenters. The fourth-order valence-electron chi connectivity index (χ4n) is 2.84. The van der Waals surface area contributed by atoms with Crippen LogP contribution < -0.4 is 0 Å². The Morgan fingerprint density at radius 2 is 2.25 bits per heavy atom. The lowest BCUT2D eigenvalue weighted by Gasteiger charge is -2.18. The number of rotatable bonds is 4. The number of fused-ring (bicyclic) bond motifs is 2. The molecule has 2 atom stereocenters. The van der Waals surface area contributed by atoms with Crippen molar-refractivity contribution in [2.24, 2.45) is 11.8 Å². The molecule has 2 aliphatic carbocycles. The second kappa shape index (κ2) is 3.64. The van der Waals surface area contributed by atoms with Crippen LogP contribution in [-0.2, 0) is 0 Å². The third kappa shape index (κ3) is 1.57. The molecule has 0 nitrogen and oxygen atoms in total. The average Bonchev–Trinajstić information content (AvgIpc) is 2.65. The number of allylic oxidation sites excluding steroid dienone is 2. The highest BCUT2D eigenvalue weighted by Gasteiger charge is 2.32. The van der Waals surface area contributed by atoms with Crippen LogP contribution in [0.3, 0.4) is 0 Å². The van der Waals surface area contributed by atoms with E-state index in [0.29, 0.717) is 0 Å². The minimum absolute atomic E-state index is 1.07. The van der Waals surface area contributed by atoms with Crippen molar-refractivity contribution in [1.29, 1.82) is 0 Å². The number of unbranched alkanes of at least 4 members (excludes halogenated alkanes) is 2. The zero-order chi connectivity index (χ0) is 8.39. The van der Waals surface area contributed by atoms with E-state index in [-0.39, 0.29) is 0 Å². The van der Waals surface area contributed by atoms with Crippen molar-refractivity contribution in [2.75, 3.05) is 0 Å². The maximum atomic E-state index is 2.49. The molecule has 0 aromatic carbocycles. The molecule has 1 fully saturated rings. The highest BCUT2D eigenvalue weighted by molar-refractivity contribution is 5.18. The van der Waals surface area contributed by atoms with Gasteiger partial charge in [-0.2, -0.15) is 0 Å². The minimum atomic E-state index is 1.07. The molecule has 0 heterocycles. The van der Waals surface area contributed by atoms with Gasteiger partial charge >= 0.3 is 0 Å². The Bertz CT molecular complexity index is 178. The maximum Gasteiger partial charge on any atom is -0.0286 e. The first-order chi connectivity index (χ1) is 5.90. The van der Waals surface area contributed by atoms with Gasteiger partial charge in [-0.3, -0.25) is 0 Å². The molecule has 0 amide bonds. The van der Waals surface area contributed by atoms with Crippen LogP contribution in [0.4, 0.5) is 0 Å². The fraction of sp³-hybridized carbons (Fsp3) is 0.833. The lowest BCUT2D eigenvalue weighted by atomic mass is 9.87. The van der Waals surface area contributed by atoms with Crippen LogP contribution in [0.15, 0.2) is 11.6 Å². The highest BCUT2D eigenvalue weighted by atomic mass is 14.4. The standard InChI is InChI=1S/C12H20/c1-2-3-4-5-11-8-10-6-7-12(11)9-10/h6,11-12H,2-5,7-9H2,1H3. The zero-order valence-corrected chi connectivity index (χ0v) is 8.18. The summed E-state index contributed by atoms with van der Waals surface area (Å²) < 4.78 is 0. The molecule has 1 saturated carbocycles. The molecule has 68 valence electrons. The average molecular weight is 164 g/mol. The van der Waals surface area contributed by atoms with E-state index in [1.54, 1.807) is 5.57 Å². The number of hydrogen-bond acceptors (Lipinski definition) is 0. The SMILES string of the molecule is CCCCCC1CC2=CCC1C2. The van der Waals surface area contributed by atoms with Gasteiger partial charge in [0.2, 0.25) is 0 Å². The second-order valence-electron chi connectivity index (χ2n) is 4.52. The molecular weight excluding hydrogens is 144 g/mol. The fourth-order valence-corrected chi connectivity index (χ4v) is 2.84. The van der Waals surface area contributed by atoms with Gasteiger partial charge in [0.25, 0.3) is 0 Å². The van der Waals surface area contributed by atoms with Crippen molar-refractivity contribution in [3.63, 3.8) is 0 Å². The van der Waals surface area contributed by atoms with Crippen LogP contribution >= 0.6 is 0 Å². The monoisotopic (exact) mass is 164 g/mol. The molecule has 0 aromatic rings. The van der Waals surface area contributed by atoms with E-state index < -0.39 is 0 Å². The van der Waals surface area contributed by atoms with Crippen LogP contribution in [0.25, 0.3) is 0 Å². The molecule has 0 heteroatoms. The van der Waals surface area contributed by atoms with Gasteiger partial charge < -0.3 is 0 Å². The molecule has 12 heavy (non-hydrogen) atoms. The van der Waals surface area contributed by atoms with Gasteiger partial charge in [0.05, 0.1) is 0 Å². The quantitative estimate of drug-likeness (QED) is 0.436. The Morgan fingerprint density at radius 3 is 2.83 bits per heavy atom. The third-order valence-electron chi connectivity index (χ3n) is 3.60. The van der Waals surface area contributed by atoms with Crippen molar-refractivity contribution in [2.45, 2.75) is 51.9 Å². The molecule has 2 rings (SSSR count). The molecule has 0 aromatic heterocycles. The van der Waals surface area contributed by atoms with Gasteiger partial charge in [0, 0.05) is 0 Å². The van der Waals surface area contributed by atoms with Crippen molar-refractivity contribution in [1.82, 2.24) is 0 Å². The van der Waals surface area contributed by atoms with E-state index in [1.807, 2.05) is 0 Å². The van der Waals surface area contributed by atoms with Crippen molar-refractivity contribution < 1.29 is 0 Å². The Kier molecular flexibility index (Phi) is 2.53. The predicted molar refractivity (Wildman–Crippen MR) is 53.1 cm³/mol. The molecule has 2 bridgehead atoms. The van der Waals surface area contributed by atoms with E-state index in [4.69, 9.17) is 0 Å². The summed E-state index contributed by atoms with van der Waals surface area (Å²) in [7, 11) is 0. The molecule has 2 aliphatic rings. The summed E-state index contributed by atoms with van der Waals surface area (Å²) in [5, 5.41) is 0. The summed E-state index contributed by atoms with van der Waals surface area (Å²) in [6, 6.07) is 0. The maximum absolute atomic E-state index is 2.49. The van der Waals surface area contributed by atoms with E-state index >= 15 is 0 Å². The van der Waals surface area contributed by atoms with Gasteiger partial charge in [-0.05, 0) is 37.5 Å². The lowest BCUT2D eigenvalue weighted by Crippen LogP contribution is -2.07. The third-order valence-corrected chi connectivity index (χ3v) is 3.60. The smallest absolute Gasteiger partial charge is 0.0286 e. The Morgan fingerprint density at radius 1 is 1.33 bits per heavy atom. The van der Waals surface area contributed by atoms with E-state index in [9.17, 15) is 0 Å². The number of hydrogen-bond donors (Lipinski definition) is 0. The first-order valence-corrected chi connectivity index (χ1v) is 5.58. The van der Waals surface area contributed by atoms with Crippen LogP contribution in [-0.4, -0.2) is 0 Å². The predicted octanol–water partition coefficient (Wildman–Crippen LogP) is 3.92. The molecule has 0 radical (unpaired) electrons. The van der Waals surface area contributed by atoms with Gasteiger partial charge in [-0.1, -0.05) is 37.8 Å². The van der Waals surface area contributed by atoms with Crippen molar-refractivity contribution >= 4 is 0 Å². The Balaban J connectivity index is 1.73. The highest BCUT2D eigenvalue weighted by Crippen LogP contribution is 2.46. The van der Waals surface area contributed by atoms with E-state index in [1.165, 1.54) is 44.9 Å². The normalized spacial score (nSPS) is 32.6. The van der Waals surface area contributed by atoms with Crippen molar-refractivity contribution in [3.05, 3.63) is 11.6 Å². The first-order valence-electron chi connectivity index (χ1n) is 5.58. The Labute approximate surface area is 76.1 Å². The summed E-state index contributed by atoms with van der Waals surface area (Å²) in [6.07, 6.45) is 12.6. The van der Waals surface area contributed by atoms with Crippen molar-refractivity contribution in [3.8, 4) is 0 Å². The summed E-state index contributed by atoms with van der Waals surface area (Å²) >= 11 is 0. The van der Waals surface area contributed by atoms with Crippen LogP contribution in [0, 0.1) is 11.8 Å². The topological polar surface area (TPSA) is 0 Å². The summed E-state index contributed by atoms with van der Waals surface area (Å²) in [4.78, 5) is 0. The molecule has 0 spiro atoms. The van der Waals surface area contributed by atoms with Gasteiger partial charge in [0.1, 0.15) is 0 Å². The lowest BCUT2D eigenvalue weighted by molar-refractivity contribution is 0.353. The van der Waals surface area contributed by atoms with Crippen LogP contribution in [0.5, 0.6) is 0 Å². The summed E-state index contributed by atoms with van der Waals surface area (Å²) in [5.41, 5.74) is 1.78. The molecule has 0 saturated heterocycles. The first kappa shape index (κ1) is 8.34. The molecule has 0 N–H and O–H groups in total. The van der Waals surface area contributed by atoms with Crippen LogP contribution in [0.2, 0.25) is 0 Å². The van der Waals surface area contributed by atoms with Gasteiger partial charge in [-0.15, -0.1) is 0 Å². The second-order valence-corrected chi connectivity index (χ2v) is 4.52. The van der Waals surface area contributed by atoms with E-state index in [2.05, 4.69) is 13.0 Å². The molecule has 0 aliphatic heterocycles. The van der Waals surface area contributed by atoms with Gasteiger partial charge in [-0.25, -0.2) is 0 Å². The largest absolute Gasteiger partial charge is 0.0850 e.